The van der Waals surface area contributed by atoms with Gasteiger partial charge in [0.05, 0.1) is 16.2 Å². The molecule has 0 bridgehead atoms. The molecule has 0 aromatic heterocycles. The Labute approximate surface area is 145 Å². The summed E-state index contributed by atoms with van der Waals surface area (Å²) in [4.78, 5) is 38.9. The van der Waals surface area contributed by atoms with E-state index in [1.165, 1.54) is 19.2 Å². The second-order valence-electron chi connectivity index (χ2n) is 6.48. The molecule has 1 aromatic rings. The molecule has 134 valence electrons. The van der Waals surface area contributed by atoms with Crippen molar-refractivity contribution >= 4 is 23.2 Å². The standard InChI is InChI=1S/C17H22N4O4/c1-18-16(22)14-11-13(21(24)25)5-6-15(14)19-7-2-8-20(10-9-19)17(23)12-3-4-12/h5-6,11-12H,2-4,7-10H2,1H3,(H,18,22). The summed E-state index contributed by atoms with van der Waals surface area (Å²) in [7, 11) is 1.50. The van der Waals surface area contributed by atoms with Crippen LogP contribution in [0.1, 0.15) is 29.6 Å². The molecule has 1 saturated heterocycles. The molecule has 0 atom stereocenters. The molecule has 1 saturated carbocycles. The van der Waals surface area contributed by atoms with Gasteiger partial charge >= 0.3 is 0 Å². The highest BCUT2D eigenvalue weighted by Crippen LogP contribution is 2.32. The number of rotatable bonds is 4. The van der Waals surface area contributed by atoms with Crippen molar-refractivity contribution < 1.29 is 14.5 Å². The number of carbonyl (C=O) groups excluding carboxylic acids is 2. The Bertz CT molecular complexity index is 702. The zero-order chi connectivity index (χ0) is 18.0. The van der Waals surface area contributed by atoms with Gasteiger partial charge in [-0.3, -0.25) is 19.7 Å². The first-order valence-corrected chi connectivity index (χ1v) is 8.55. The SMILES string of the molecule is CNC(=O)c1cc([N+](=O)[O-])ccc1N1CCCN(C(=O)C2CC2)CC1. The molecule has 3 rings (SSSR count). The van der Waals surface area contributed by atoms with Gasteiger partial charge in [-0.2, -0.15) is 0 Å². The first kappa shape index (κ1) is 17.2. The van der Waals surface area contributed by atoms with Crippen LogP contribution >= 0.6 is 0 Å². The second kappa shape index (κ2) is 7.08. The Morgan fingerprint density at radius 2 is 1.96 bits per heavy atom. The molecule has 2 fully saturated rings. The Morgan fingerprint density at radius 1 is 1.20 bits per heavy atom. The molecule has 2 amide bonds. The number of nitrogens with zero attached hydrogens (tertiary/aromatic N) is 3. The molecule has 8 nitrogen and oxygen atoms in total. The van der Waals surface area contributed by atoms with E-state index in [0.717, 1.165) is 19.3 Å². The molecular formula is C17H22N4O4. The Balaban J connectivity index is 1.81. The van der Waals surface area contributed by atoms with Gasteiger partial charge in [0.2, 0.25) is 5.91 Å². The van der Waals surface area contributed by atoms with Crippen LogP contribution in [0.25, 0.3) is 0 Å². The molecule has 0 spiro atoms. The van der Waals surface area contributed by atoms with Gasteiger partial charge in [-0.25, -0.2) is 0 Å². The van der Waals surface area contributed by atoms with Crippen molar-refractivity contribution in [2.24, 2.45) is 5.92 Å². The average molecular weight is 346 g/mol. The van der Waals surface area contributed by atoms with Crippen LogP contribution in [0.2, 0.25) is 0 Å². The summed E-state index contributed by atoms with van der Waals surface area (Å²) in [5, 5.41) is 13.6. The molecule has 1 N–H and O–H groups in total. The van der Waals surface area contributed by atoms with Crippen LogP contribution in [0.3, 0.4) is 0 Å². The van der Waals surface area contributed by atoms with Crippen molar-refractivity contribution in [2.75, 3.05) is 38.1 Å². The number of non-ortho nitro benzene ring substituents is 1. The van der Waals surface area contributed by atoms with Gasteiger partial charge in [-0.05, 0) is 25.3 Å². The van der Waals surface area contributed by atoms with Crippen LogP contribution in [0, 0.1) is 16.0 Å². The zero-order valence-electron chi connectivity index (χ0n) is 14.2. The van der Waals surface area contributed by atoms with Gasteiger partial charge in [0.25, 0.3) is 11.6 Å². The molecule has 1 aliphatic heterocycles. The second-order valence-corrected chi connectivity index (χ2v) is 6.48. The first-order valence-electron chi connectivity index (χ1n) is 8.55. The molecule has 25 heavy (non-hydrogen) atoms. The van der Waals surface area contributed by atoms with E-state index in [2.05, 4.69) is 5.32 Å². The van der Waals surface area contributed by atoms with Crippen molar-refractivity contribution in [2.45, 2.75) is 19.3 Å². The van der Waals surface area contributed by atoms with Crippen LogP contribution in [-0.2, 0) is 4.79 Å². The third-order valence-corrected chi connectivity index (χ3v) is 4.74. The first-order chi connectivity index (χ1) is 12.0. The Hall–Kier alpha value is -2.64. The minimum absolute atomic E-state index is 0.109. The van der Waals surface area contributed by atoms with Gasteiger partial charge in [0.1, 0.15) is 0 Å². The van der Waals surface area contributed by atoms with Crippen LogP contribution < -0.4 is 10.2 Å². The fourth-order valence-corrected chi connectivity index (χ4v) is 3.20. The maximum absolute atomic E-state index is 12.3. The van der Waals surface area contributed by atoms with Crippen molar-refractivity contribution in [3.05, 3.63) is 33.9 Å². The van der Waals surface area contributed by atoms with E-state index in [1.54, 1.807) is 6.07 Å². The molecular weight excluding hydrogens is 324 g/mol. The highest BCUT2D eigenvalue weighted by molar-refractivity contribution is 6.00. The number of nitro benzene ring substituents is 1. The van der Waals surface area contributed by atoms with Crippen LogP contribution in [0.4, 0.5) is 11.4 Å². The molecule has 0 radical (unpaired) electrons. The quantitative estimate of drug-likeness (QED) is 0.657. The lowest BCUT2D eigenvalue weighted by Gasteiger charge is -2.25. The lowest BCUT2D eigenvalue weighted by Crippen LogP contribution is -2.36. The van der Waals surface area contributed by atoms with E-state index in [9.17, 15) is 19.7 Å². The van der Waals surface area contributed by atoms with Crippen molar-refractivity contribution in [3.63, 3.8) is 0 Å². The highest BCUT2D eigenvalue weighted by atomic mass is 16.6. The third-order valence-electron chi connectivity index (χ3n) is 4.74. The highest BCUT2D eigenvalue weighted by Gasteiger charge is 2.34. The van der Waals surface area contributed by atoms with Crippen LogP contribution in [0.15, 0.2) is 18.2 Å². The minimum Gasteiger partial charge on any atom is -0.369 e. The van der Waals surface area contributed by atoms with Gasteiger partial charge < -0.3 is 15.1 Å². The fourth-order valence-electron chi connectivity index (χ4n) is 3.20. The van der Waals surface area contributed by atoms with Gasteiger partial charge in [-0.15, -0.1) is 0 Å². The van der Waals surface area contributed by atoms with Crippen molar-refractivity contribution in [1.82, 2.24) is 10.2 Å². The zero-order valence-corrected chi connectivity index (χ0v) is 14.2. The maximum atomic E-state index is 12.3. The number of nitrogens with one attached hydrogen (secondary N) is 1. The number of amides is 2. The predicted octanol–water partition coefficient (Wildman–Crippen LogP) is 1.40. The Kier molecular flexibility index (Phi) is 4.87. The van der Waals surface area contributed by atoms with Crippen molar-refractivity contribution in [1.29, 1.82) is 0 Å². The Morgan fingerprint density at radius 3 is 2.60 bits per heavy atom. The summed E-state index contributed by atoms with van der Waals surface area (Å²) in [6, 6.07) is 4.35. The van der Waals surface area contributed by atoms with Gasteiger partial charge in [0, 0.05) is 51.3 Å². The summed E-state index contributed by atoms with van der Waals surface area (Å²) < 4.78 is 0. The molecule has 1 aromatic carbocycles. The molecule has 0 unspecified atom stereocenters. The summed E-state index contributed by atoms with van der Waals surface area (Å²) in [5.41, 5.74) is 0.854. The van der Waals surface area contributed by atoms with E-state index >= 15 is 0 Å². The number of benzene rings is 1. The van der Waals surface area contributed by atoms with Gasteiger partial charge in [-0.1, -0.05) is 0 Å². The fraction of sp³-hybridized carbons (Fsp3) is 0.529. The largest absolute Gasteiger partial charge is 0.369 e. The van der Waals surface area contributed by atoms with E-state index in [4.69, 9.17) is 0 Å². The topological polar surface area (TPSA) is 95.8 Å². The average Bonchev–Trinajstić information content (AvgIpc) is 3.46. The monoisotopic (exact) mass is 346 g/mol. The van der Waals surface area contributed by atoms with Crippen LogP contribution in [-0.4, -0.2) is 54.9 Å². The lowest BCUT2D eigenvalue weighted by molar-refractivity contribution is -0.384. The lowest BCUT2D eigenvalue weighted by atomic mass is 10.1. The van der Waals surface area contributed by atoms with Crippen LogP contribution in [0.5, 0.6) is 0 Å². The summed E-state index contributed by atoms with van der Waals surface area (Å²) in [6.07, 6.45) is 2.78. The molecule has 1 aliphatic carbocycles. The number of hydrogen-bond acceptors (Lipinski definition) is 5. The maximum Gasteiger partial charge on any atom is 0.270 e. The smallest absolute Gasteiger partial charge is 0.270 e. The van der Waals surface area contributed by atoms with E-state index in [1.807, 2.05) is 9.80 Å². The van der Waals surface area contributed by atoms with Crippen molar-refractivity contribution in [3.8, 4) is 0 Å². The third kappa shape index (κ3) is 3.72. The molecule has 1 heterocycles. The normalized spacial score (nSPS) is 17.8. The molecule has 2 aliphatic rings. The summed E-state index contributed by atoms with van der Waals surface area (Å²) >= 11 is 0. The minimum atomic E-state index is -0.505. The van der Waals surface area contributed by atoms with Gasteiger partial charge in [0.15, 0.2) is 0 Å². The molecule has 8 heteroatoms. The van der Waals surface area contributed by atoms with E-state index in [0.29, 0.717) is 37.4 Å². The number of anilines is 1. The van der Waals surface area contributed by atoms with E-state index in [-0.39, 0.29) is 23.4 Å². The number of nitro groups is 1. The predicted molar refractivity (Wildman–Crippen MR) is 92.6 cm³/mol. The number of carbonyl (C=O) groups is 2. The van der Waals surface area contributed by atoms with E-state index < -0.39 is 4.92 Å². The number of hydrogen-bond donors (Lipinski definition) is 1. The summed E-state index contributed by atoms with van der Waals surface area (Å²) in [6.45, 7) is 2.64. The summed E-state index contributed by atoms with van der Waals surface area (Å²) in [5.74, 6) is 0.0817.